The zero-order chi connectivity index (χ0) is 15.9. The number of nitrogens with two attached hydrogens (primary N) is 1. The molecule has 1 amide bonds. The zero-order valence-corrected chi connectivity index (χ0v) is 13.2. The molecule has 0 spiro atoms. The highest BCUT2D eigenvalue weighted by Crippen LogP contribution is 2.11. The van der Waals surface area contributed by atoms with Crippen LogP contribution in [0.2, 0.25) is 0 Å². The Kier molecular flexibility index (Phi) is 6.41. The SMILES string of the molecule is CCOC(C)(C)CNC(=O)c1cc(C)cc(C#CCN)c1. The highest BCUT2D eigenvalue weighted by atomic mass is 16.5. The molecular weight excluding hydrogens is 264 g/mol. The molecule has 1 aromatic carbocycles. The number of carbonyl (C=O) groups excluding carboxylic acids is 1. The standard InChI is InChI=1S/C17H24N2O2/c1-5-21-17(3,4)12-19-16(20)15-10-13(2)9-14(11-15)7-6-8-18/h9-11H,5,8,12,18H2,1-4H3,(H,19,20). The molecule has 4 nitrogen and oxygen atoms in total. The van der Waals surface area contributed by atoms with Crippen LogP contribution in [0.3, 0.4) is 0 Å². The van der Waals surface area contributed by atoms with Crippen LogP contribution in [-0.4, -0.2) is 31.2 Å². The van der Waals surface area contributed by atoms with E-state index in [1.807, 2.05) is 39.8 Å². The molecule has 0 bridgehead atoms. The second-order valence-corrected chi connectivity index (χ2v) is 5.47. The van der Waals surface area contributed by atoms with Crippen molar-refractivity contribution < 1.29 is 9.53 Å². The van der Waals surface area contributed by atoms with E-state index < -0.39 is 0 Å². The predicted molar refractivity (Wildman–Crippen MR) is 85.1 cm³/mol. The summed E-state index contributed by atoms with van der Waals surface area (Å²) in [6, 6.07) is 5.55. The van der Waals surface area contributed by atoms with Crippen LogP contribution < -0.4 is 11.1 Å². The third kappa shape index (κ3) is 5.99. The van der Waals surface area contributed by atoms with Gasteiger partial charge in [-0.3, -0.25) is 4.79 Å². The van der Waals surface area contributed by atoms with Gasteiger partial charge in [0.15, 0.2) is 0 Å². The minimum absolute atomic E-state index is 0.123. The summed E-state index contributed by atoms with van der Waals surface area (Å²) in [5, 5.41) is 2.90. The summed E-state index contributed by atoms with van der Waals surface area (Å²) >= 11 is 0. The average Bonchev–Trinajstić information content (AvgIpc) is 2.42. The van der Waals surface area contributed by atoms with Gasteiger partial charge < -0.3 is 15.8 Å². The number of carbonyl (C=O) groups is 1. The fraction of sp³-hybridized carbons (Fsp3) is 0.471. The Morgan fingerprint density at radius 1 is 1.38 bits per heavy atom. The van der Waals surface area contributed by atoms with Gasteiger partial charge in [0.25, 0.3) is 5.91 Å². The van der Waals surface area contributed by atoms with Gasteiger partial charge in [-0.1, -0.05) is 11.8 Å². The second kappa shape index (κ2) is 7.82. The average molecular weight is 288 g/mol. The molecule has 1 aromatic rings. The van der Waals surface area contributed by atoms with Crippen LogP contribution in [0.1, 0.15) is 42.3 Å². The third-order valence-electron chi connectivity index (χ3n) is 2.88. The number of ether oxygens (including phenoxy) is 1. The maximum absolute atomic E-state index is 12.2. The van der Waals surface area contributed by atoms with Crippen LogP contribution in [0.4, 0.5) is 0 Å². The maximum atomic E-state index is 12.2. The van der Waals surface area contributed by atoms with Crippen LogP contribution in [-0.2, 0) is 4.74 Å². The van der Waals surface area contributed by atoms with Gasteiger partial charge in [-0.15, -0.1) is 0 Å². The Hall–Kier alpha value is -1.83. The van der Waals surface area contributed by atoms with Gasteiger partial charge in [-0.05, 0) is 51.5 Å². The Labute approximate surface area is 127 Å². The Morgan fingerprint density at radius 2 is 2.10 bits per heavy atom. The fourth-order valence-corrected chi connectivity index (χ4v) is 1.98. The molecule has 0 aliphatic heterocycles. The number of benzene rings is 1. The van der Waals surface area contributed by atoms with Gasteiger partial charge in [0.05, 0.1) is 12.1 Å². The summed E-state index contributed by atoms with van der Waals surface area (Å²) in [5.41, 5.74) is 7.39. The van der Waals surface area contributed by atoms with E-state index in [-0.39, 0.29) is 11.5 Å². The van der Waals surface area contributed by atoms with Gasteiger partial charge in [0.2, 0.25) is 0 Å². The van der Waals surface area contributed by atoms with Gasteiger partial charge in [-0.25, -0.2) is 0 Å². The quantitative estimate of drug-likeness (QED) is 0.813. The summed E-state index contributed by atoms with van der Waals surface area (Å²) in [6.45, 7) is 9.15. The lowest BCUT2D eigenvalue weighted by Crippen LogP contribution is -2.40. The van der Waals surface area contributed by atoms with E-state index in [0.29, 0.717) is 25.3 Å². The lowest BCUT2D eigenvalue weighted by Gasteiger charge is -2.24. The minimum Gasteiger partial charge on any atom is -0.374 e. The van der Waals surface area contributed by atoms with Crippen molar-refractivity contribution in [2.75, 3.05) is 19.7 Å². The van der Waals surface area contributed by atoms with E-state index >= 15 is 0 Å². The number of nitrogens with one attached hydrogen (secondary N) is 1. The molecule has 0 fully saturated rings. The lowest BCUT2D eigenvalue weighted by molar-refractivity contribution is -0.00815. The summed E-state index contributed by atoms with van der Waals surface area (Å²) in [6.07, 6.45) is 0. The van der Waals surface area contributed by atoms with Crippen LogP contribution in [0.15, 0.2) is 18.2 Å². The van der Waals surface area contributed by atoms with Crippen molar-refractivity contribution in [1.29, 1.82) is 0 Å². The molecule has 0 aromatic heterocycles. The van der Waals surface area contributed by atoms with E-state index in [1.54, 1.807) is 6.07 Å². The molecule has 4 heteroatoms. The summed E-state index contributed by atoms with van der Waals surface area (Å²) in [7, 11) is 0. The molecule has 21 heavy (non-hydrogen) atoms. The topological polar surface area (TPSA) is 64.3 Å². The number of rotatable bonds is 5. The molecule has 1 rings (SSSR count). The number of hydrogen-bond acceptors (Lipinski definition) is 3. The van der Waals surface area contributed by atoms with E-state index in [4.69, 9.17) is 10.5 Å². The van der Waals surface area contributed by atoms with E-state index in [0.717, 1.165) is 11.1 Å². The summed E-state index contributed by atoms with van der Waals surface area (Å²) < 4.78 is 5.57. The summed E-state index contributed by atoms with van der Waals surface area (Å²) in [5.74, 6) is 5.63. The van der Waals surface area contributed by atoms with E-state index in [1.165, 1.54) is 0 Å². The monoisotopic (exact) mass is 288 g/mol. The number of amides is 1. The van der Waals surface area contributed by atoms with Crippen molar-refractivity contribution in [1.82, 2.24) is 5.32 Å². The number of hydrogen-bond donors (Lipinski definition) is 2. The van der Waals surface area contributed by atoms with Crippen molar-refractivity contribution in [3.05, 3.63) is 34.9 Å². The van der Waals surface area contributed by atoms with Crippen LogP contribution in [0.5, 0.6) is 0 Å². The first kappa shape index (κ1) is 17.2. The van der Waals surface area contributed by atoms with Gasteiger partial charge in [0.1, 0.15) is 0 Å². The molecule has 0 atom stereocenters. The molecule has 114 valence electrons. The van der Waals surface area contributed by atoms with Gasteiger partial charge >= 0.3 is 0 Å². The second-order valence-electron chi connectivity index (χ2n) is 5.47. The molecular formula is C17H24N2O2. The molecule has 0 aliphatic carbocycles. The first-order valence-corrected chi connectivity index (χ1v) is 7.10. The molecule has 0 radical (unpaired) electrons. The first-order valence-electron chi connectivity index (χ1n) is 7.10. The van der Waals surface area contributed by atoms with Crippen molar-refractivity contribution in [2.45, 2.75) is 33.3 Å². The van der Waals surface area contributed by atoms with Crippen molar-refractivity contribution in [3.8, 4) is 11.8 Å². The maximum Gasteiger partial charge on any atom is 0.251 e. The number of aryl methyl sites for hydroxylation is 1. The van der Waals surface area contributed by atoms with E-state index in [2.05, 4.69) is 17.2 Å². The largest absolute Gasteiger partial charge is 0.374 e. The Morgan fingerprint density at radius 3 is 2.71 bits per heavy atom. The van der Waals surface area contributed by atoms with Crippen molar-refractivity contribution in [2.24, 2.45) is 5.73 Å². The molecule has 0 heterocycles. The lowest BCUT2D eigenvalue weighted by atomic mass is 10.1. The highest BCUT2D eigenvalue weighted by Gasteiger charge is 2.19. The van der Waals surface area contributed by atoms with Crippen LogP contribution >= 0.6 is 0 Å². The van der Waals surface area contributed by atoms with Gasteiger partial charge in [0, 0.05) is 24.3 Å². The Bertz CT molecular complexity index is 554. The minimum atomic E-state index is -0.379. The smallest absolute Gasteiger partial charge is 0.251 e. The van der Waals surface area contributed by atoms with E-state index in [9.17, 15) is 4.79 Å². The van der Waals surface area contributed by atoms with Crippen LogP contribution in [0, 0.1) is 18.8 Å². The first-order chi connectivity index (χ1) is 9.88. The third-order valence-corrected chi connectivity index (χ3v) is 2.88. The Balaban J connectivity index is 2.80. The molecule has 0 aliphatic rings. The zero-order valence-electron chi connectivity index (χ0n) is 13.2. The van der Waals surface area contributed by atoms with Crippen LogP contribution in [0.25, 0.3) is 0 Å². The van der Waals surface area contributed by atoms with Gasteiger partial charge in [-0.2, -0.15) is 0 Å². The fourth-order valence-electron chi connectivity index (χ4n) is 1.98. The molecule has 3 N–H and O–H groups in total. The summed E-state index contributed by atoms with van der Waals surface area (Å²) in [4.78, 5) is 12.2. The molecule has 0 saturated heterocycles. The predicted octanol–water partition coefficient (Wildman–Crippen LogP) is 1.85. The highest BCUT2D eigenvalue weighted by molar-refractivity contribution is 5.94. The van der Waals surface area contributed by atoms with Crippen molar-refractivity contribution >= 4 is 5.91 Å². The molecule has 0 saturated carbocycles. The normalized spacial score (nSPS) is 10.7. The van der Waals surface area contributed by atoms with Crippen molar-refractivity contribution in [3.63, 3.8) is 0 Å². The molecule has 0 unspecified atom stereocenters.